The molecule has 1 aliphatic rings. The Morgan fingerprint density at radius 1 is 1.32 bits per heavy atom. The summed E-state index contributed by atoms with van der Waals surface area (Å²) in [6.07, 6.45) is 4.63. The SMILES string of the molecule is CN(C)c1ccc(C(=O)NC2CCCN(c3ccnn3C)C2=O)cn1. The van der Waals surface area contributed by atoms with Crippen LogP contribution in [0.3, 0.4) is 0 Å². The van der Waals surface area contributed by atoms with E-state index in [2.05, 4.69) is 15.4 Å². The van der Waals surface area contributed by atoms with Crippen LogP contribution in [0.2, 0.25) is 0 Å². The molecule has 132 valence electrons. The largest absolute Gasteiger partial charge is 0.363 e. The van der Waals surface area contributed by atoms with Crippen LogP contribution in [-0.4, -0.2) is 53.3 Å². The molecule has 8 heteroatoms. The summed E-state index contributed by atoms with van der Waals surface area (Å²) in [7, 11) is 5.56. The maximum Gasteiger partial charge on any atom is 0.253 e. The predicted molar refractivity (Wildman–Crippen MR) is 94.6 cm³/mol. The fourth-order valence-electron chi connectivity index (χ4n) is 2.89. The number of hydrogen-bond acceptors (Lipinski definition) is 5. The molecule has 8 nitrogen and oxygen atoms in total. The normalized spacial score (nSPS) is 17.5. The fraction of sp³-hybridized carbons (Fsp3) is 0.412. The smallest absolute Gasteiger partial charge is 0.253 e. The van der Waals surface area contributed by atoms with Gasteiger partial charge in [0.1, 0.15) is 17.7 Å². The Labute approximate surface area is 146 Å². The van der Waals surface area contributed by atoms with Crippen LogP contribution >= 0.6 is 0 Å². The topological polar surface area (TPSA) is 83.4 Å². The molecule has 0 spiro atoms. The van der Waals surface area contributed by atoms with Crippen molar-refractivity contribution in [2.45, 2.75) is 18.9 Å². The van der Waals surface area contributed by atoms with E-state index in [0.29, 0.717) is 18.5 Å². The molecule has 1 unspecified atom stereocenters. The summed E-state index contributed by atoms with van der Waals surface area (Å²) in [5.74, 6) is 1.11. The Hall–Kier alpha value is -2.90. The number of carbonyl (C=O) groups excluding carboxylic acids is 2. The molecule has 25 heavy (non-hydrogen) atoms. The molecule has 1 fully saturated rings. The number of nitrogens with zero attached hydrogens (tertiary/aromatic N) is 5. The van der Waals surface area contributed by atoms with Crippen LogP contribution in [0.4, 0.5) is 11.6 Å². The highest BCUT2D eigenvalue weighted by molar-refractivity contribution is 6.02. The molecular weight excluding hydrogens is 320 g/mol. The number of nitrogens with one attached hydrogen (secondary N) is 1. The van der Waals surface area contributed by atoms with Crippen LogP contribution in [-0.2, 0) is 11.8 Å². The van der Waals surface area contributed by atoms with E-state index in [9.17, 15) is 9.59 Å². The molecule has 2 amide bonds. The monoisotopic (exact) mass is 342 g/mol. The first kappa shape index (κ1) is 16.9. The maximum atomic E-state index is 12.7. The minimum atomic E-state index is -0.537. The number of rotatable bonds is 4. The van der Waals surface area contributed by atoms with E-state index in [-0.39, 0.29) is 11.8 Å². The van der Waals surface area contributed by atoms with Crippen LogP contribution in [0.25, 0.3) is 0 Å². The lowest BCUT2D eigenvalue weighted by Gasteiger charge is -2.32. The van der Waals surface area contributed by atoms with Gasteiger partial charge in [0, 0.05) is 40.0 Å². The van der Waals surface area contributed by atoms with E-state index < -0.39 is 6.04 Å². The van der Waals surface area contributed by atoms with Gasteiger partial charge in [0.05, 0.1) is 11.8 Å². The van der Waals surface area contributed by atoms with Crippen LogP contribution < -0.4 is 15.1 Å². The van der Waals surface area contributed by atoms with Crippen molar-refractivity contribution in [1.29, 1.82) is 0 Å². The van der Waals surface area contributed by atoms with E-state index in [0.717, 1.165) is 18.1 Å². The standard InChI is InChI=1S/C17H22N6O2/c1-21(2)14-7-6-12(11-18-14)16(24)20-13-5-4-10-23(17(13)25)15-8-9-19-22(15)3/h6-9,11,13H,4-5,10H2,1-3H3,(H,20,24). The van der Waals surface area contributed by atoms with Gasteiger partial charge in [-0.25, -0.2) is 4.98 Å². The van der Waals surface area contributed by atoms with Crippen molar-refractivity contribution in [2.75, 3.05) is 30.4 Å². The zero-order chi connectivity index (χ0) is 18.0. The third kappa shape index (κ3) is 3.47. The van der Waals surface area contributed by atoms with E-state index in [1.807, 2.05) is 19.0 Å². The molecule has 3 heterocycles. The van der Waals surface area contributed by atoms with Crippen molar-refractivity contribution in [1.82, 2.24) is 20.1 Å². The van der Waals surface area contributed by atoms with Crippen molar-refractivity contribution in [3.63, 3.8) is 0 Å². The number of carbonyl (C=O) groups is 2. The first-order valence-corrected chi connectivity index (χ1v) is 8.21. The molecule has 1 atom stereocenters. The second-order valence-corrected chi connectivity index (χ2v) is 6.27. The molecule has 1 aliphatic heterocycles. The number of pyridine rings is 1. The first-order valence-electron chi connectivity index (χ1n) is 8.21. The van der Waals surface area contributed by atoms with Crippen molar-refractivity contribution < 1.29 is 9.59 Å². The average molecular weight is 342 g/mol. The highest BCUT2D eigenvalue weighted by Gasteiger charge is 2.32. The molecule has 1 saturated heterocycles. The maximum absolute atomic E-state index is 12.7. The lowest BCUT2D eigenvalue weighted by molar-refractivity contribution is -0.121. The summed E-state index contributed by atoms with van der Waals surface area (Å²) in [5, 5.41) is 6.94. The molecular formula is C17H22N6O2. The molecule has 0 saturated carbocycles. The summed E-state index contributed by atoms with van der Waals surface area (Å²) in [6.45, 7) is 0.629. The molecule has 0 aliphatic carbocycles. The molecule has 0 aromatic carbocycles. The van der Waals surface area contributed by atoms with Crippen LogP contribution in [0.5, 0.6) is 0 Å². The van der Waals surface area contributed by atoms with Crippen molar-refractivity contribution >= 4 is 23.5 Å². The van der Waals surface area contributed by atoms with Gasteiger partial charge in [-0.1, -0.05) is 0 Å². The number of aromatic nitrogens is 3. The van der Waals surface area contributed by atoms with Crippen molar-refractivity contribution in [3.05, 3.63) is 36.2 Å². The van der Waals surface area contributed by atoms with Gasteiger partial charge in [-0.15, -0.1) is 0 Å². The van der Waals surface area contributed by atoms with Gasteiger partial charge in [-0.3, -0.25) is 19.2 Å². The third-order valence-corrected chi connectivity index (χ3v) is 4.28. The average Bonchev–Trinajstić information content (AvgIpc) is 3.02. The number of anilines is 2. The first-order chi connectivity index (χ1) is 12.0. The van der Waals surface area contributed by atoms with Gasteiger partial charge in [-0.2, -0.15) is 5.10 Å². The molecule has 2 aromatic heterocycles. The Morgan fingerprint density at radius 2 is 2.12 bits per heavy atom. The quantitative estimate of drug-likeness (QED) is 0.889. The zero-order valence-corrected chi connectivity index (χ0v) is 14.6. The summed E-state index contributed by atoms with van der Waals surface area (Å²) in [4.78, 5) is 33.0. The Kier molecular flexibility index (Phi) is 4.69. The summed E-state index contributed by atoms with van der Waals surface area (Å²) >= 11 is 0. The van der Waals surface area contributed by atoms with Gasteiger partial charge < -0.3 is 10.2 Å². The lowest BCUT2D eigenvalue weighted by atomic mass is 10.0. The second kappa shape index (κ2) is 6.92. The predicted octanol–water partition coefficient (Wildman–Crippen LogP) is 0.806. The molecule has 3 rings (SSSR count). The van der Waals surface area contributed by atoms with Crippen molar-refractivity contribution in [2.24, 2.45) is 7.05 Å². The summed E-state index contributed by atoms with van der Waals surface area (Å²) in [6, 6.07) is 4.75. The van der Waals surface area contributed by atoms with E-state index >= 15 is 0 Å². The minimum absolute atomic E-state index is 0.110. The fourth-order valence-corrected chi connectivity index (χ4v) is 2.89. The van der Waals surface area contributed by atoms with E-state index in [1.54, 1.807) is 41.0 Å². The molecule has 0 radical (unpaired) electrons. The van der Waals surface area contributed by atoms with Crippen LogP contribution in [0.1, 0.15) is 23.2 Å². The zero-order valence-electron chi connectivity index (χ0n) is 14.6. The summed E-state index contributed by atoms with van der Waals surface area (Å²) < 4.78 is 1.66. The molecule has 2 aromatic rings. The van der Waals surface area contributed by atoms with Gasteiger partial charge in [0.25, 0.3) is 11.8 Å². The number of amides is 2. The Balaban J connectivity index is 1.70. The number of piperidine rings is 1. The van der Waals surface area contributed by atoms with Crippen LogP contribution in [0, 0.1) is 0 Å². The van der Waals surface area contributed by atoms with Gasteiger partial charge >= 0.3 is 0 Å². The van der Waals surface area contributed by atoms with E-state index in [4.69, 9.17) is 0 Å². The molecule has 0 bridgehead atoms. The third-order valence-electron chi connectivity index (χ3n) is 4.28. The van der Waals surface area contributed by atoms with E-state index in [1.165, 1.54) is 6.20 Å². The van der Waals surface area contributed by atoms with Crippen molar-refractivity contribution in [3.8, 4) is 0 Å². The molecule has 1 N–H and O–H groups in total. The highest BCUT2D eigenvalue weighted by atomic mass is 16.2. The number of hydrogen-bond donors (Lipinski definition) is 1. The number of aryl methyl sites for hydroxylation is 1. The highest BCUT2D eigenvalue weighted by Crippen LogP contribution is 2.20. The van der Waals surface area contributed by atoms with Crippen LogP contribution in [0.15, 0.2) is 30.6 Å². The lowest BCUT2D eigenvalue weighted by Crippen LogP contribution is -2.52. The minimum Gasteiger partial charge on any atom is -0.363 e. The van der Waals surface area contributed by atoms with Gasteiger partial charge in [-0.05, 0) is 25.0 Å². The van der Waals surface area contributed by atoms with Gasteiger partial charge in [0.15, 0.2) is 0 Å². The Morgan fingerprint density at radius 3 is 2.72 bits per heavy atom. The Bertz CT molecular complexity index is 768. The second-order valence-electron chi connectivity index (χ2n) is 6.27. The summed E-state index contributed by atoms with van der Waals surface area (Å²) in [5.41, 5.74) is 0.441. The van der Waals surface area contributed by atoms with Gasteiger partial charge in [0.2, 0.25) is 0 Å².